The molecule has 0 bridgehead atoms. The van der Waals surface area contributed by atoms with E-state index in [9.17, 15) is 9.59 Å². The number of halogens is 1. The van der Waals surface area contributed by atoms with Crippen LogP contribution in [0.5, 0.6) is 5.75 Å². The van der Waals surface area contributed by atoms with Crippen LogP contribution in [-0.4, -0.2) is 79.3 Å². The van der Waals surface area contributed by atoms with Crippen molar-refractivity contribution in [3.63, 3.8) is 0 Å². The Labute approximate surface area is 186 Å². The number of aromatic nitrogens is 1. The molecule has 0 aliphatic carbocycles. The fraction of sp³-hybridized carbons (Fsp3) is 0.476. The molecule has 0 atom stereocenters. The highest BCUT2D eigenvalue weighted by Gasteiger charge is 2.19. The van der Waals surface area contributed by atoms with Crippen LogP contribution in [0.15, 0.2) is 34.9 Å². The number of anilines is 1. The number of hydrogen-bond acceptors (Lipinski definition) is 7. The van der Waals surface area contributed by atoms with Gasteiger partial charge in [0, 0.05) is 37.3 Å². The SMILES string of the molecule is Cc1cc(NC(=O)CN(CCCN2CCOCC2)C(=O)COc2ccc(Cl)cc2)no1. The minimum atomic E-state index is -0.348. The highest BCUT2D eigenvalue weighted by atomic mass is 35.5. The topological polar surface area (TPSA) is 97.1 Å². The summed E-state index contributed by atoms with van der Waals surface area (Å²) >= 11 is 5.87. The maximum atomic E-state index is 12.8. The van der Waals surface area contributed by atoms with Crippen molar-refractivity contribution in [3.05, 3.63) is 41.1 Å². The number of morpholine rings is 1. The highest BCUT2D eigenvalue weighted by molar-refractivity contribution is 6.30. The van der Waals surface area contributed by atoms with Crippen LogP contribution >= 0.6 is 11.6 Å². The Morgan fingerprint density at radius 1 is 1.26 bits per heavy atom. The van der Waals surface area contributed by atoms with Crippen LogP contribution in [0.4, 0.5) is 5.82 Å². The third-order valence-electron chi connectivity index (χ3n) is 4.76. The molecule has 168 valence electrons. The van der Waals surface area contributed by atoms with Gasteiger partial charge >= 0.3 is 0 Å². The lowest BCUT2D eigenvalue weighted by Gasteiger charge is -2.28. The maximum absolute atomic E-state index is 12.8. The molecule has 3 rings (SSSR count). The standard InChI is InChI=1S/C21H27ClN4O5/c1-16-13-19(24-31-16)23-20(27)14-26(8-2-7-25-9-11-29-12-10-25)21(28)15-30-18-5-3-17(22)4-6-18/h3-6,13H,2,7-12,14-15H2,1H3,(H,23,24,27). The summed E-state index contributed by atoms with van der Waals surface area (Å²) in [5.41, 5.74) is 0. The summed E-state index contributed by atoms with van der Waals surface area (Å²) in [7, 11) is 0. The number of carbonyl (C=O) groups excluding carboxylic acids is 2. The van der Waals surface area contributed by atoms with Gasteiger partial charge in [-0.15, -0.1) is 0 Å². The van der Waals surface area contributed by atoms with Gasteiger partial charge in [0.25, 0.3) is 5.91 Å². The molecule has 10 heteroatoms. The van der Waals surface area contributed by atoms with Gasteiger partial charge in [0.1, 0.15) is 18.1 Å². The number of carbonyl (C=O) groups is 2. The molecule has 1 aromatic carbocycles. The predicted molar refractivity (Wildman–Crippen MR) is 115 cm³/mol. The lowest BCUT2D eigenvalue weighted by atomic mass is 10.3. The molecular weight excluding hydrogens is 424 g/mol. The molecule has 1 N–H and O–H groups in total. The van der Waals surface area contributed by atoms with Gasteiger partial charge in [-0.05, 0) is 37.6 Å². The van der Waals surface area contributed by atoms with Crippen LogP contribution in [0.1, 0.15) is 12.2 Å². The predicted octanol–water partition coefficient (Wildman–Crippen LogP) is 2.20. The Kier molecular flexibility index (Phi) is 8.69. The Morgan fingerprint density at radius 3 is 2.68 bits per heavy atom. The average molecular weight is 451 g/mol. The molecule has 1 fully saturated rings. The fourth-order valence-corrected chi connectivity index (χ4v) is 3.28. The molecule has 31 heavy (non-hydrogen) atoms. The third kappa shape index (κ3) is 7.86. The van der Waals surface area contributed by atoms with E-state index in [2.05, 4.69) is 15.4 Å². The summed E-state index contributed by atoms with van der Waals surface area (Å²) in [6, 6.07) is 8.38. The minimum absolute atomic E-state index is 0.0994. The first-order chi connectivity index (χ1) is 15.0. The largest absolute Gasteiger partial charge is 0.484 e. The van der Waals surface area contributed by atoms with Crippen molar-refractivity contribution in [1.29, 1.82) is 0 Å². The fourth-order valence-electron chi connectivity index (χ4n) is 3.15. The summed E-state index contributed by atoms with van der Waals surface area (Å²) in [6.45, 7) is 5.92. The van der Waals surface area contributed by atoms with Crippen LogP contribution in [0.25, 0.3) is 0 Å². The molecular formula is C21H27ClN4O5. The Hall–Kier alpha value is -2.62. The number of benzene rings is 1. The van der Waals surface area contributed by atoms with Gasteiger partial charge in [-0.3, -0.25) is 14.5 Å². The first-order valence-corrected chi connectivity index (χ1v) is 10.6. The van der Waals surface area contributed by atoms with E-state index in [1.54, 1.807) is 37.3 Å². The van der Waals surface area contributed by atoms with E-state index in [0.717, 1.165) is 39.3 Å². The second-order valence-corrected chi connectivity index (χ2v) is 7.67. The van der Waals surface area contributed by atoms with Crippen LogP contribution in [0.3, 0.4) is 0 Å². The number of hydrogen-bond donors (Lipinski definition) is 1. The second kappa shape index (κ2) is 11.7. The maximum Gasteiger partial charge on any atom is 0.260 e. The van der Waals surface area contributed by atoms with Crippen LogP contribution < -0.4 is 10.1 Å². The van der Waals surface area contributed by atoms with Gasteiger partial charge in [0.15, 0.2) is 12.4 Å². The van der Waals surface area contributed by atoms with E-state index >= 15 is 0 Å². The van der Waals surface area contributed by atoms with E-state index in [0.29, 0.717) is 28.9 Å². The molecule has 0 spiro atoms. The van der Waals surface area contributed by atoms with Crippen molar-refractivity contribution in [1.82, 2.24) is 15.0 Å². The smallest absolute Gasteiger partial charge is 0.260 e. The van der Waals surface area contributed by atoms with Crippen LogP contribution in [0, 0.1) is 6.92 Å². The monoisotopic (exact) mass is 450 g/mol. The molecule has 1 saturated heterocycles. The molecule has 1 aliphatic heterocycles. The van der Waals surface area contributed by atoms with Gasteiger partial charge in [0.05, 0.1) is 13.2 Å². The molecule has 9 nitrogen and oxygen atoms in total. The number of nitrogens with zero attached hydrogens (tertiary/aromatic N) is 3. The van der Waals surface area contributed by atoms with Crippen molar-refractivity contribution < 1.29 is 23.6 Å². The van der Waals surface area contributed by atoms with Gasteiger partial charge in [-0.2, -0.15) is 0 Å². The summed E-state index contributed by atoms with van der Waals surface area (Å²) in [5.74, 6) is 0.821. The van der Waals surface area contributed by atoms with Crippen LogP contribution in [-0.2, 0) is 14.3 Å². The lowest BCUT2D eigenvalue weighted by molar-refractivity contribution is -0.136. The number of amides is 2. The third-order valence-corrected chi connectivity index (χ3v) is 5.02. The molecule has 2 aromatic rings. The lowest BCUT2D eigenvalue weighted by Crippen LogP contribution is -2.43. The normalized spacial score (nSPS) is 14.3. The molecule has 0 unspecified atom stereocenters. The number of nitrogens with one attached hydrogen (secondary N) is 1. The van der Waals surface area contributed by atoms with E-state index in [1.807, 2.05) is 0 Å². The molecule has 1 aromatic heterocycles. The van der Waals surface area contributed by atoms with Gasteiger partial charge in [-0.1, -0.05) is 16.8 Å². The molecule has 0 saturated carbocycles. The summed E-state index contributed by atoms with van der Waals surface area (Å²) in [4.78, 5) is 29.0. The Bertz CT molecular complexity index is 852. The zero-order valence-electron chi connectivity index (χ0n) is 17.5. The first kappa shape index (κ1) is 23.1. The van der Waals surface area contributed by atoms with Crippen molar-refractivity contribution in [2.24, 2.45) is 0 Å². The summed E-state index contributed by atoms with van der Waals surface area (Å²) in [5, 5.41) is 6.98. The Balaban J connectivity index is 1.54. The van der Waals surface area contributed by atoms with Gasteiger partial charge in [-0.25, -0.2) is 0 Å². The first-order valence-electron chi connectivity index (χ1n) is 10.2. The van der Waals surface area contributed by atoms with E-state index in [4.69, 9.17) is 25.6 Å². The Morgan fingerprint density at radius 2 is 2.00 bits per heavy atom. The second-order valence-electron chi connectivity index (χ2n) is 7.24. The number of ether oxygens (including phenoxy) is 2. The van der Waals surface area contributed by atoms with Crippen molar-refractivity contribution in [2.45, 2.75) is 13.3 Å². The van der Waals surface area contributed by atoms with Crippen molar-refractivity contribution in [2.75, 3.05) is 57.9 Å². The van der Waals surface area contributed by atoms with E-state index in [-0.39, 0.29) is 25.0 Å². The quantitative estimate of drug-likeness (QED) is 0.592. The van der Waals surface area contributed by atoms with Crippen molar-refractivity contribution in [3.8, 4) is 5.75 Å². The van der Waals surface area contributed by atoms with E-state index in [1.165, 1.54) is 4.90 Å². The van der Waals surface area contributed by atoms with Gasteiger partial charge in [0.2, 0.25) is 5.91 Å². The average Bonchev–Trinajstić information content (AvgIpc) is 3.17. The van der Waals surface area contributed by atoms with E-state index < -0.39 is 0 Å². The number of rotatable bonds is 10. The minimum Gasteiger partial charge on any atom is -0.484 e. The molecule has 2 heterocycles. The van der Waals surface area contributed by atoms with Crippen LogP contribution in [0.2, 0.25) is 5.02 Å². The summed E-state index contributed by atoms with van der Waals surface area (Å²) < 4.78 is 15.9. The highest BCUT2D eigenvalue weighted by Crippen LogP contribution is 2.15. The molecule has 0 radical (unpaired) electrons. The number of aryl methyl sites for hydroxylation is 1. The molecule has 2 amide bonds. The zero-order valence-corrected chi connectivity index (χ0v) is 18.3. The van der Waals surface area contributed by atoms with Crippen molar-refractivity contribution >= 4 is 29.2 Å². The molecule has 1 aliphatic rings. The summed E-state index contributed by atoms with van der Waals surface area (Å²) in [6.07, 6.45) is 0.739. The van der Waals surface area contributed by atoms with Gasteiger partial charge < -0.3 is 24.2 Å². The zero-order chi connectivity index (χ0) is 22.1.